The first-order valence-corrected chi connectivity index (χ1v) is 11.5. The molecule has 2 aromatic rings. The van der Waals surface area contributed by atoms with E-state index in [1.165, 1.54) is 0 Å². The molecular formula is C25H30ClN3O4. The maximum atomic E-state index is 13.7. The average Bonchev–Trinajstić information content (AvgIpc) is 3.27. The van der Waals surface area contributed by atoms with Gasteiger partial charge in [0.2, 0.25) is 11.8 Å². The molecule has 0 aromatic heterocycles. The number of amides is 2. The van der Waals surface area contributed by atoms with Gasteiger partial charge in [-0.05, 0) is 49.4 Å². The minimum Gasteiger partial charge on any atom is -0.497 e. The Balaban J connectivity index is 1.77. The van der Waals surface area contributed by atoms with Crippen molar-refractivity contribution < 1.29 is 19.1 Å². The van der Waals surface area contributed by atoms with Gasteiger partial charge in [-0.3, -0.25) is 14.9 Å². The number of aryl methyl sites for hydroxylation is 1. The molecule has 3 atom stereocenters. The van der Waals surface area contributed by atoms with Crippen LogP contribution in [0.3, 0.4) is 0 Å². The zero-order valence-corrected chi connectivity index (χ0v) is 20.3. The first-order valence-electron chi connectivity index (χ1n) is 11.1. The molecule has 33 heavy (non-hydrogen) atoms. The summed E-state index contributed by atoms with van der Waals surface area (Å²) in [7, 11) is 3.10. The Labute approximate surface area is 199 Å². The molecule has 7 nitrogen and oxygen atoms in total. The summed E-state index contributed by atoms with van der Waals surface area (Å²) in [5.74, 6) is 0.351. The van der Waals surface area contributed by atoms with Crippen molar-refractivity contribution in [2.45, 2.75) is 45.2 Å². The van der Waals surface area contributed by atoms with Gasteiger partial charge in [-0.1, -0.05) is 31.5 Å². The highest BCUT2D eigenvalue weighted by molar-refractivity contribution is 6.35. The van der Waals surface area contributed by atoms with Crippen LogP contribution in [-0.4, -0.2) is 32.1 Å². The fraction of sp³-hybridized carbons (Fsp3) is 0.440. The van der Waals surface area contributed by atoms with Crippen molar-refractivity contribution in [3.63, 3.8) is 0 Å². The fourth-order valence-electron chi connectivity index (χ4n) is 5.11. The Kier molecular flexibility index (Phi) is 6.29. The molecule has 1 fully saturated rings. The third kappa shape index (κ3) is 4.04. The summed E-state index contributed by atoms with van der Waals surface area (Å²) in [5.41, 5.74) is 1.52. The molecule has 2 aromatic carbocycles. The molecule has 0 unspecified atom stereocenters. The Morgan fingerprint density at radius 2 is 2.00 bits per heavy atom. The number of nitrogens with one attached hydrogen (secondary N) is 3. The normalized spacial score (nSPS) is 23.5. The second-order valence-corrected chi connectivity index (χ2v) is 9.65. The highest BCUT2D eigenvalue weighted by Gasteiger charge is 2.60. The minimum absolute atomic E-state index is 0.00365. The lowest BCUT2D eigenvalue weighted by Gasteiger charge is -2.30. The van der Waals surface area contributed by atoms with Crippen molar-refractivity contribution in [2.24, 2.45) is 11.8 Å². The summed E-state index contributed by atoms with van der Waals surface area (Å²) in [6.45, 7) is 6.19. The van der Waals surface area contributed by atoms with E-state index in [1.54, 1.807) is 32.4 Å². The maximum Gasteiger partial charge on any atom is 0.250 e. The lowest BCUT2D eigenvalue weighted by molar-refractivity contribution is -0.130. The van der Waals surface area contributed by atoms with Crippen LogP contribution in [0, 0.1) is 18.8 Å². The molecule has 2 heterocycles. The molecule has 176 valence electrons. The van der Waals surface area contributed by atoms with Crippen LogP contribution < -0.4 is 25.4 Å². The van der Waals surface area contributed by atoms with E-state index in [9.17, 15) is 9.59 Å². The van der Waals surface area contributed by atoms with Gasteiger partial charge in [0.25, 0.3) is 0 Å². The number of halogens is 1. The molecule has 1 saturated heterocycles. The third-order valence-corrected chi connectivity index (χ3v) is 6.77. The SMILES string of the molecule is COc1ccc(OC)c(NC(=O)[C@H]2C[C@H](CC(C)C)N[C@@]23C(=O)Nc2c(Cl)cc(C)cc23)c1. The van der Waals surface area contributed by atoms with Crippen LogP contribution >= 0.6 is 11.6 Å². The molecule has 0 aliphatic carbocycles. The Morgan fingerprint density at radius 3 is 2.67 bits per heavy atom. The Bertz CT molecular complexity index is 1100. The number of fused-ring (bicyclic) bond motifs is 2. The second kappa shape index (κ2) is 8.88. The summed E-state index contributed by atoms with van der Waals surface area (Å²) < 4.78 is 10.7. The monoisotopic (exact) mass is 471 g/mol. The van der Waals surface area contributed by atoms with Crippen LogP contribution in [0.1, 0.15) is 37.8 Å². The van der Waals surface area contributed by atoms with Gasteiger partial charge in [-0.15, -0.1) is 0 Å². The van der Waals surface area contributed by atoms with Gasteiger partial charge in [0.05, 0.1) is 36.5 Å². The molecule has 1 spiro atoms. The predicted molar refractivity (Wildman–Crippen MR) is 129 cm³/mol. The molecule has 0 radical (unpaired) electrons. The highest BCUT2D eigenvalue weighted by Crippen LogP contribution is 2.50. The van der Waals surface area contributed by atoms with Gasteiger partial charge in [-0.25, -0.2) is 0 Å². The summed E-state index contributed by atoms with van der Waals surface area (Å²) in [6.07, 6.45) is 1.37. The molecule has 2 amide bonds. The summed E-state index contributed by atoms with van der Waals surface area (Å²) in [4.78, 5) is 27.2. The smallest absolute Gasteiger partial charge is 0.250 e. The van der Waals surface area contributed by atoms with Crippen molar-refractivity contribution in [3.8, 4) is 11.5 Å². The van der Waals surface area contributed by atoms with Crippen LogP contribution in [0.25, 0.3) is 0 Å². The van der Waals surface area contributed by atoms with Gasteiger partial charge < -0.3 is 20.1 Å². The summed E-state index contributed by atoms with van der Waals surface area (Å²) in [6, 6.07) is 8.97. The van der Waals surface area contributed by atoms with Gasteiger partial charge >= 0.3 is 0 Å². The largest absolute Gasteiger partial charge is 0.497 e. The third-order valence-electron chi connectivity index (χ3n) is 6.47. The van der Waals surface area contributed by atoms with E-state index in [-0.39, 0.29) is 17.9 Å². The van der Waals surface area contributed by atoms with E-state index in [1.807, 2.05) is 19.1 Å². The van der Waals surface area contributed by atoms with Crippen molar-refractivity contribution in [2.75, 3.05) is 24.9 Å². The maximum absolute atomic E-state index is 13.7. The van der Waals surface area contributed by atoms with E-state index in [0.717, 1.165) is 17.5 Å². The molecule has 2 aliphatic rings. The van der Waals surface area contributed by atoms with Crippen molar-refractivity contribution in [1.82, 2.24) is 5.32 Å². The first-order chi connectivity index (χ1) is 15.7. The Hall–Kier alpha value is -2.77. The van der Waals surface area contributed by atoms with Crippen molar-refractivity contribution >= 4 is 34.8 Å². The van der Waals surface area contributed by atoms with Crippen LogP contribution in [0.15, 0.2) is 30.3 Å². The molecule has 0 bridgehead atoms. The van der Waals surface area contributed by atoms with E-state index in [4.69, 9.17) is 21.1 Å². The van der Waals surface area contributed by atoms with E-state index in [2.05, 4.69) is 29.8 Å². The summed E-state index contributed by atoms with van der Waals surface area (Å²) in [5, 5.41) is 9.93. The number of anilines is 2. The lowest BCUT2D eigenvalue weighted by atomic mass is 9.79. The lowest BCUT2D eigenvalue weighted by Crippen LogP contribution is -2.52. The molecule has 8 heteroatoms. The number of ether oxygens (including phenoxy) is 2. The number of hydrogen-bond donors (Lipinski definition) is 3. The fourth-order valence-corrected chi connectivity index (χ4v) is 5.43. The van der Waals surface area contributed by atoms with Gasteiger partial charge in [0.1, 0.15) is 17.0 Å². The summed E-state index contributed by atoms with van der Waals surface area (Å²) >= 11 is 6.48. The standard InChI is InChI=1S/C25H30ClN3O4/c1-13(2)8-15-11-18(23(30)27-20-12-16(32-4)6-7-21(20)33-5)25(29-15)17-9-14(3)10-19(26)22(17)28-24(25)31/h6-7,9-10,12-13,15,18,29H,8,11H2,1-5H3,(H,27,30)(H,28,31)/t15-,18+,25+/m0/s1. The van der Waals surface area contributed by atoms with Gasteiger partial charge in [0.15, 0.2) is 0 Å². The first kappa shape index (κ1) is 23.4. The molecule has 4 rings (SSSR count). The van der Waals surface area contributed by atoms with Crippen LogP contribution in [0.2, 0.25) is 5.02 Å². The molecule has 2 aliphatic heterocycles. The number of carbonyl (C=O) groups is 2. The minimum atomic E-state index is -1.19. The van der Waals surface area contributed by atoms with Crippen molar-refractivity contribution in [1.29, 1.82) is 0 Å². The molecule has 3 N–H and O–H groups in total. The average molecular weight is 472 g/mol. The van der Waals surface area contributed by atoms with Gasteiger partial charge in [0, 0.05) is 17.7 Å². The number of carbonyl (C=O) groups excluding carboxylic acids is 2. The van der Waals surface area contributed by atoms with E-state index >= 15 is 0 Å². The zero-order valence-electron chi connectivity index (χ0n) is 19.5. The van der Waals surface area contributed by atoms with Crippen LogP contribution in [0.5, 0.6) is 11.5 Å². The van der Waals surface area contributed by atoms with Crippen LogP contribution in [0.4, 0.5) is 11.4 Å². The van der Waals surface area contributed by atoms with E-state index < -0.39 is 11.5 Å². The zero-order chi connectivity index (χ0) is 23.9. The predicted octanol–water partition coefficient (Wildman–Crippen LogP) is 4.48. The van der Waals surface area contributed by atoms with Crippen molar-refractivity contribution in [3.05, 3.63) is 46.5 Å². The number of hydrogen-bond acceptors (Lipinski definition) is 5. The molecule has 0 saturated carbocycles. The topological polar surface area (TPSA) is 88.7 Å². The van der Waals surface area contributed by atoms with Gasteiger partial charge in [-0.2, -0.15) is 0 Å². The van der Waals surface area contributed by atoms with E-state index in [0.29, 0.717) is 40.2 Å². The molecular weight excluding hydrogens is 442 g/mol. The number of benzene rings is 2. The Morgan fingerprint density at radius 1 is 1.24 bits per heavy atom. The van der Waals surface area contributed by atoms with Crippen LogP contribution in [-0.2, 0) is 15.1 Å². The second-order valence-electron chi connectivity index (χ2n) is 9.25. The highest BCUT2D eigenvalue weighted by atomic mass is 35.5. The number of methoxy groups -OCH3 is 2. The quantitative estimate of drug-likeness (QED) is 0.578. The number of rotatable bonds is 6.